The van der Waals surface area contributed by atoms with Gasteiger partial charge in [0.2, 0.25) is 0 Å². The molecule has 1 amide bonds. The van der Waals surface area contributed by atoms with Gasteiger partial charge in [-0.3, -0.25) is 4.79 Å². The predicted octanol–water partition coefficient (Wildman–Crippen LogP) is 0.933. The Morgan fingerprint density at radius 3 is 2.80 bits per heavy atom. The van der Waals surface area contributed by atoms with Crippen molar-refractivity contribution in [1.29, 1.82) is 0 Å². The molecule has 0 bridgehead atoms. The van der Waals surface area contributed by atoms with E-state index < -0.39 is 5.97 Å². The monoisotopic (exact) mass is 278 g/mol. The van der Waals surface area contributed by atoms with Crippen LogP contribution in [0.5, 0.6) is 0 Å². The average molecular weight is 278 g/mol. The van der Waals surface area contributed by atoms with Crippen LogP contribution in [-0.2, 0) is 0 Å². The fraction of sp³-hybridized carbons (Fsp3) is 0.500. The minimum atomic E-state index is -1.04. The molecular formula is C14H18N2O4. The number of aliphatic hydroxyl groups is 1. The van der Waals surface area contributed by atoms with E-state index in [0.717, 1.165) is 6.42 Å². The number of nitrogens with zero attached hydrogens (tertiary/aromatic N) is 2. The molecular weight excluding hydrogens is 260 g/mol. The Morgan fingerprint density at radius 2 is 2.20 bits per heavy atom. The minimum absolute atomic E-state index is 0.112. The van der Waals surface area contributed by atoms with Crippen molar-refractivity contribution in [3.05, 3.63) is 29.1 Å². The van der Waals surface area contributed by atoms with E-state index in [1.54, 1.807) is 11.8 Å². The second kappa shape index (κ2) is 6.00. The van der Waals surface area contributed by atoms with Crippen molar-refractivity contribution in [3.8, 4) is 0 Å². The molecule has 6 nitrogen and oxygen atoms in total. The van der Waals surface area contributed by atoms with Crippen LogP contribution in [0.1, 0.15) is 39.4 Å². The van der Waals surface area contributed by atoms with Gasteiger partial charge in [0.15, 0.2) is 0 Å². The lowest BCUT2D eigenvalue weighted by Gasteiger charge is -2.16. The molecule has 0 saturated carbocycles. The molecule has 1 fully saturated rings. The van der Waals surface area contributed by atoms with Gasteiger partial charge in [-0.2, -0.15) is 0 Å². The van der Waals surface area contributed by atoms with Crippen molar-refractivity contribution in [2.45, 2.75) is 19.8 Å². The van der Waals surface area contributed by atoms with Crippen LogP contribution in [0, 0.1) is 12.8 Å². The maximum Gasteiger partial charge on any atom is 0.337 e. The summed E-state index contributed by atoms with van der Waals surface area (Å²) in [6.07, 6.45) is 1.59. The Bertz CT molecular complexity index is 530. The molecule has 2 N–H and O–H groups in total. The van der Waals surface area contributed by atoms with Crippen LogP contribution < -0.4 is 0 Å². The molecule has 1 atom stereocenters. The molecule has 20 heavy (non-hydrogen) atoms. The van der Waals surface area contributed by atoms with Crippen LogP contribution in [-0.4, -0.2) is 51.7 Å². The number of aliphatic hydroxyl groups excluding tert-OH is 1. The number of hydrogen-bond donors (Lipinski definition) is 2. The molecule has 2 rings (SSSR count). The maximum absolute atomic E-state index is 12.3. The molecule has 2 heterocycles. The van der Waals surface area contributed by atoms with Crippen molar-refractivity contribution in [1.82, 2.24) is 9.88 Å². The highest BCUT2D eigenvalue weighted by molar-refractivity contribution is 5.94. The van der Waals surface area contributed by atoms with Gasteiger partial charge < -0.3 is 15.1 Å². The van der Waals surface area contributed by atoms with Crippen LogP contribution >= 0.6 is 0 Å². The molecule has 1 aliphatic heterocycles. The van der Waals surface area contributed by atoms with Crippen molar-refractivity contribution in [2.24, 2.45) is 5.92 Å². The number of carbonyl (C=O) groups excluding carboxylic acids is 1. The second-order valence-electron chi connectivity index (χ2n) is 5.05. The summed E-state index contributed by atoms with van der Waals surface area (Å²) in [4.78, 5) is 29.0. The van der Waals surface area contributed by atoms with Crippen LogP contribution in [0.3, 0.4) is 0 Å². The highest BCUT2D eigenvalue weighted by atomic mass is 16.4. The molecule has 0 aromatic carbocycles. The third-order valence-corrected chi connectivity index (χ3v) is 3.65. The summed E-state index contributed by atoms with van der Waals surface area (Å²) in [6, 6.07) is 2.87. The molecule has 108 valence electrons. The second-order valence-corrected chi connectivity index (χ2v) is 5.05. The van der Waals surface area contributed by atoms with E-state index in [1.807, 2.05) is 0 Å². The number of aryl methyl sites for hydroxylation is 1. The predicted molar refractivity (Wildman–Crippen MR) is 71.6 cm³/mol. The summed E-state index contributed by atoms with van der Waals surface area (Å²) in [7, 11) is 0. The summed E-state index contributed by atoms with van der Waals surface area (Å²) >= 11 is 0. The first-order valence-corrected chi connectivity index (χ1v) is 6.64. The van der Waals surface area contributed by atoms with E-state index in [4.69, 9.17) is 10.2 Å². The van der Waals surface area contributed by atoms with E-state index in [9.17, 15) is 9.59 Å². The van der Waals surface area contributed by atoms with Gasteiger partial charge in [0.05, 0.1) is 11.3 Å². The van der Waals surface area contributed by atoms with E-state index in [0.29, 0.717) is 31.1 Å². The summed E-state index contributed by atoms with van der Waals surface area (Å²) in [5, 5.41) is 17.9. The summed E-state index contributed by atoms with van der Waals surface area (Å²) in [5.41, 5.74) is 0.729. The topological polar surface area (TPSA) is 90.7 Å². The van der Waals surface area contributed by atoms with Gasteiger partial charge in [0.1, 0.15) is 5.69 Å². The first-order valence-electron chi connectivity index (χ1n) is 6.64. The number of likely N-dealkylation sites (tertiary alicyclic amines) is 1. The number of carbonyl (C=O) groups is 2. The van der Waals surface area contributed by atoms with Gasteiger partial charge >= 0.3 is 5.97 Å². The average Bonchev–Trinajstić information content (AvgIpc) is 2.86. The van der Waals surface area contributed by atoms with Crippen molar-refractivity contribution in [2.75, 3.05) is 19.7 Å². The lowest BCUT2D eigenvalue weighted by molar-refractivity contribution is 0.0693. The summed E-state index contributed by atoms with van der Waals surface area (Å²) in [6.45, 7) is 3.00. The molecule has 6 heteroatoms. The molecule has 1 aromatic rings. The molecule has 0 aliphatic carbocycles. The highest BCUT2D eigenvalue weighted by Gasteiger charge is 2.27. The van der Waals surface area contributed by atoms with Gasteiger partial charge in [0.25, 0.3) is 5.91 Å². The molecule has 0 spiro atoms. The number of carboxylic acids is 1. The van der Waals surface area contributed by atoms with Crippen molar-refractivity contribution in [3.63, 3.8) is 0 Å². The third kappa shape index (κ3) is 2.96. The van der Waals surface area contributed by atoms with Gasteiger partial charge in [-0.1, -0.05) is 0 Å². The van der Waals surface area contributed by atoms with Crippen LogP contribution in [0.4, 0.5) is 0 Å². The Morgan fingerprint density at radius 1 is 1.45 bits per heavy atom. The maximum atomic E-state index is 12.3. The molecule has 1 saturated heterocycles. The minimum Gasteiger partial charge on any atom is -0.478 e. The van der Waals surface area contributed by atoms with Crippen LogP contribution in [0.2, 0.25) is 0 Å². The quantitative estimate of drug-likeness (QED) is 0.855. The third-order valence-electron chi connectivity index (χ3n) is 3.65. The number of hydrogen-bond acceptors (Lipinski definition) is 4. The zero-order chi connectivity index (χ0) is 14.7. The Balaban J connectivity index is 2.10. The van der Waals surface area contributed by atoms with Gasteiger partial charge in [0, 0.05) is 19.7 Å². The zero-order valence-electron chi connectivity index (χ0n) is 11.4. The fourth-order valence-electron chi connectivity index (χ4n) is 2.50. The van der Waals surface area contributed by atoms with Crippen LogP contribution in [0.15, 0.2) is 12.1 Å². The first-order chi connectivity index (χ1) is 9.52. The number of amides is 1. The van der Waals surface area contributed by atoms with Gasteiger partial charge in [-0.05, 0) is 37.8 Å². The first kappa shape index (κ1) is 14.5. The SMILES string of the molecule is Cc1nc(C(=O)N2CCC(CCO)C2)ccc1C(=O)O. The normalized spacial score (nSPS) is 18.3. The Labute approximate surface area is 117 Å². The van der Waals surface area contributed by atoms with E-state index >= 15 is 0 Å². The largest absolute Gasteiger partial charge is 0.478 e. The number of aromatic nitrogens is 1. The lowest BCUT2D eigenvalue weighted by atomic mass is 10.1. The zero-order valence-corrected chi connectivity index (χ0v) is 11.4. The molecule has 0 radical (unpaired) electrons. The highest BCUT2D eigenvalue weighted by Crippen LogP contribution is 2.21. The molecule has 1 aromatic heterocycles. The number of carboxylic acid groups (broad SMARTS) is 1. The van der Waals surface area contributed by atoms with Gasteiger partial charge in [-0.25, -0.2) is 9.78 Å². The van der Waals surface area contributed by atoms with Gasteiger partial charge in [-0.15, -0.1) is 0 Å². The van der Waals surface area contributed by atoms with E-state index in [-0.39, 0.29) is 23.8 Å². The molecule has 1 aliphatic rings. The van der Waals surface area contributed by atoms with Crippen molar-refractivity contribution >= 4 is 11.9 Å². The Hall–Kier alpha value is -1.95. The summed E-state index contributed by atoms with van der Waals surface area (Å²) in [5.74, 6) is -0.882. The number of pyridine rings is 1. The standard InChI is InChI=1S/C14H18N2O4/c1-9-11(14(19)20)2-3-12(15-9)13(18)16-6-4-10(8-16)5-7-17/h2-3,10,17H,4-8H2,1H3,(H,19,20). The van der Waals surface area contributed by atoms with E-state index in [2.05, 4.69) is 4.98 Å². The number of rotatable bonds is 4. The van der Waals surface area contributed by atoms with E-state index in [1.165, 1.54) is 12.1 Å². The van der Waals surface area contributed by atoms with Crippen molar-refractivity contribution < 1.29 is 19.8 Å². The number of aromatic carboxylic acids is 1. The molecule has 1 unspecified atom stereocenters. The lowest BCUT2D eigenvalue weighted by Crippen LogP contribution is -2.29. The Kier molecular flexibility index (Phi) is 4.34. The summed E-state index contributed by atoms with van der Waals surface area (Å²) < 4.78 is 0. The van der Waals surface area contributed by atoms with Crippen LogP contribution in [0.25, 0.3) is 0 Å². The fourth-order valence-corrected chi connectivity index (χ4v) is 2.50. The smallest absolute Gasteiger partial charge is 0.337 e.